The van der Waals surface area contributed by atoms with Crippen molar-refractivity contribution in [1.29, 1.82) is 0 Å². The average molecular weight is 277 g/mol. The minimum atomic E-state index is 0.0689. The van der Waals surface area contributed by atoms with Gasteiger partial charge in [0.25, 0.3) is 0 Å². The first-order valence-corrected chi connectivity index (χ1v) is 7.38. The molecule has 0 aliphatic heterocycles. The molecule has 0 aliphatic rings. The Morgan fingerprint density at radius 2 is 2.21 bits per heavy atom. The molecule has 1 atom stereocenters. The number of hydrogen-bond acceptors (Lipinski definition) is 5. The van der Waals surface area contributed by atoms with Crippen LogP contribution in [-0.2, 0) is 0 Å². The predicted molar refractivity (Wildman–Crippen MR) is 77.6 cm³/mol. The van der Waals surface area contributed by atoms with Crippen LogP contribution in [0.25, 0.3) is 0 Å². The summed E-state index contributed by atoms with van der Waals surface area (Å²) in [6.07, 6.45) is 3.75. The number of hydrogen-bond donors (Lipinski definition) is 1. The maximum Gasteiger partial charge on any atom is 0.138 e. The zero-order valence-electron chi connectivity index (χ0n) is 11.5. The maximum absolute atomic E-state index is 5.69. The second-order valence-corrected chi connectivity index (χ2v) is 5.24. The first kappa shape index (κ1) is 14.0. The van der Waals surface area contributed by atoms with E-state index >= 15 is 0 Å². The summed E-state index contributed by atoms with van der Waals surface area (Å²) in [5, 5.41) is 5.49. The SMILES string of the molecule is CCNC(c1cncc(OC(C)C)c1)c1cscn1. The Kier molecular flexibility index (Phi) is 4.87. The summed E-state index contributed by atoms with van der Waals surface area (Å²) in [5.41, 5.74) is 3.95. The quantitative estimate of drug-likeness (QED) is 0.881. The van der Waals surface area contributed by atoms with Gasteiger partial charge in [-0.05, 0) is 32.0 Å². The van der Waals surface area contributed by atoms with Gasteiger partial charge in [0.15, 0.2) is 0 Å². The Labute approximate surface area is 117 Å². The van der Waals surface area contributed by atoms with E-state index in [-0.39, 0.29) is 12.1 Å². The lowest BCUT2D eigenvalue weighted by atomic mass is 10.1. The van der Waals surface area contributed by atoms with E-state index in [1.54, 1.807) is 17.5 Å². The molecule has 102 valence electrons. The van der Waals surface area contributed by atoms with Crippen molar-refractivity contribution in [2.75, 3.05) is 6.54 Å². The highest BCUT2D eigenvalue weighted by Gasteiger charge is 2.16. The van der Waals surface area contributed by atoms with E-state index in [2.05, 4.69) is 27.6 Å². The Hall–Kier alpha value is -1.46. The molecule has 0 aliphatic carbocycles. The topological polar surface area (TPSA) is 47.0 Å². The van der Waals surface area contributed by atoms with Crippen molar-refractivity contribution in [3.63, 3.8) is 0 Å². The molecule has 2 aromatic rings. The van der Waals surface area contributed by atoms with Crippen molar-refractivity contribution in [1.82, 2.24) is 15.3 Å². The van der Waals surface area contributed by atoms with Gasteiger partial charge in [-0.2, -0.15) is 0 Å². The fourth-order valence-electron chi connectivity index (χ4n) is 1.89. The Balaban J connectivity index is 2.26. The van der Waals surface area contributed by atoms with E-state index in [0.29, 0.717) is 0 Å². The first-order valence-electron chi connectivity index (χ1n) is 6.43. The molecule has 1 unspecified atom stereocenters. The average Bonchev–Trinajstić information content (AvgIpc) is 2.89. The van der Waals surface area contributed by atoms with Crippen molar-refractivity contribution < 1.29 is 4.74 Å². The highest BCUT2D eigenvalue weighted by Crippen LogP contribution is 2.24. The number of nitrogens with one attached hydrogen (secondary N) is 1. The third kappa shape index (κ3) is 3.75. The molecule has 5 heteroatoms. The van der Waals surface area contributed by atoms with Gasteiger partial charge in [-0.1, -0.05) is 6.92 Å². The zero-order valence-corrected chi connectivity index (χ0v) is 12.3. The van der Waals surface area contributed by atoms with Crippen molar-refractivity contribution in [2.24, 2.45) is 0 Å². The summed E-state index contributed by atoms with van der Waals surface area (Å²) >= 11 is 1.60. The van der Waals surface area contributed by atoms with Crippen LogP contribution in [0.1, 0.15) is 38.1 Å². The molecule has 0 amide bonds. The molecule has 0 spiro atoms. The summed E-state index contributed by atoms with van der Waals surface area (Å²) in [6, 6.07) is 2.10. The monoisotopic (exact) mass is 277 g/mol. The maximum atomic E-state index is 5.69. The Bertz CT molecular complexity index is 499. The minimum absolute atomic E-state index is 0.0689. The molecule has 0 saturated heterocycles. The molecule has 0 aromatic carbocycles. The second kappa shape index (κ2) is 6.63. The lowest BCUT2D eigenvalue weighted by Crippen LogP contribution is -2.22. The molecule has 0 saturated carbocycles. The van der Waals surface area contributed by atoms with Crippen LogP contribution in [0.15, 0.2) is 29.4 Å². The van der Waals surface area contributed by atoms with E-state index in [0.717, 1.165) is 23.6 Å². The van der Waals surface area contributed by atoms with Crippen LogP contribution in [0.5, 0.6) is 5.75 Å². The van der Waals surface area contributed by atoms with Gasteiger partial charge in [0.2, 0.25) is 0 Å². The normalized spacial score (nSPS) is 12.6. The molecule has 19 heavy (non-hydrogen) atoms. The van der Waals surface area contributed by atoms with Crippen molar-refractivity contribution in [3.8, 4) is 5.75 Å². The molecule has 2 heterocycles. The lowest BCUT2D eigenvalue weighted by molar-refractivity contribution is 0.241. The van der Waals surface area contributed by atoms with E-state index in [1.807, 2.05) is 31.6 Å². The van der Waals surface area contributed by atoms with E-state index in [1.165, 1.54) is 0 Å². The van der Waals surface area contributed by atoms with E-state index < -0.39 is 0 Å². The van der Waals surface area contributed by atoms with Gasteiger partial charge in [-0.25, -0.2) is 4.98 Å². The molecule has 2 rings (SSSR count). The lowest BCUT2D eigenvalue weighted by Gasteiger charge is -2.17. The third-order valence-electron chi connectivity index (χ3n) is 2.59. The van der Waals surface area contributed by atoms with Crippen LogP contribution < -0.4 is 10.1 Å². The smallest absolute Gasteiger partial charge is 0.138 e. The second-order valence-electron chi connectivity index (χ2n) is 4.52. The number of rotatable bonds is 6. The van der Waals surface area contributed by atoms with Crippen LogP contribution >= 0.6 is 11.3 Å². The number of aromatic nitrogens is 2. The molecule has 0 radical (unpaired) electrons. The molecule has 0 fully saturated rings. The largest absolute Gasteiger partial charge is 0.489 e. The predicted octanol–water partition coefficient (Wildman–Crippen LogP) is 3.02. The summed E-state index contributed by atoms with van der Waals surface area (Å²) in [7, 11) is 0. The van der Waals surface area contributed by atoms with Gasteiger partial charge >= 0.3 is 0 Å². The van der Waals surface area contributed by atoms with Gasteiger partial charge in [0.05, 0.1) is 29.5 Å². The molecule has 4 nitrogen and oxygen atoms in total. The van der Waals surface area contributed by atoms with Gasteiger partial charge < -0.3 is 10.1 Å². The van der Waals surface area contributed by atoms with Gasteiger partial charge in [-0.15, -0.1) is 11.3 Å². The number of pyridine rings is 1. The standard InChI is InChI=1S/C14H19N3OS/c1-4-16-14(13-8-19-9-17-13)11-5-12(7-15-6-11)18-10(2)3/h5-10,14,16H,4H2,1-3H3. The van der Waals surface area contributed by atoms with E-state index in [9.17, 15) is 0 Å². The third-order valence-corrected chi connectivity index (χ3v) is 3.20. The summed E-state index contributed by atoms with van der Waals surface area (Å²) in [6.45, 7) is 6.97. The molecular weight excluding hydrogens is 258 g/mol. The number of nitrogens with zero attached hydrogens (tertiary/aromatic N) is 2. The van der Waals surface area contributed by atoms with Gasteiger partial charge in [0, 0.05) is 11.6 Å². The van der Waals surface area contributed by atoms with Crippen molar-refractivity contribution in [2.45, 2.75) is 32.9 Å². The van der Waals surface area contributed by atoms with Gasteiger partial charge in [-0.3, -0.25) is 4.98 Å². The van der Waals surface area contributed by atoms with Crippen LogP contribution in [0.2, 0.25) is 0 Å². The first-order chi connectivity index (χ1) is 9.20. The Morgan fingerprint density at radius 1 is 1.37 bits per heavy atom. The van der Waals surface area contributed by atoms with Crippen molar-refractivity contribution >= 4 is 11.3 Å². The highest BCUT2D eigenvalue weighted by molar-refractivity contribution is 7.07. The number of thiazole rings is 1. The number of ether oxygens (including phenoxy) is 1. The molecular formula is C14H19N3OS. The fraction of sp³-hybridized carbons (Fsp3) is 0.429. The molecule has 2 aromatic heterocycles. The van der Waals surface area contributed by atoms with Gasteiger partial charge in [0.1, 0.15) is 5.75 Å². The fourth-order valence-corrected chi connectivity index (χ4v) is 2.47. The van der Waals surface area contributed by atoms with Crippen molar-refractivity contribution in [3.05, 3.63) is 40.6 Å². The van der Waals surface area contributed by atoms with Crippen LogP contribution in [0.4, 0.5) is 0 Å². The zero-order chi connectivity index (χ0) is 13.7. The summed E-state index contributed by atoms with van der Waals surface area (Å²) in [5.74, 6) is 0.797. The highest BCUT2D eigenvalue weighted by atomic mass is 32.1. The molecule has 1 N–H and O–H groups in total. The molecule has 0 bridgehead atoms. The Morgan fingerprint density at radius 3 is 2.84 bits per heavy atom. The van der Waals surface area contributed by atoms with Crippen LogP contribution in [0, 0.1) is 0 Å². The minimum Gasteiger partial charge on any atom is -0.489 e. The van der Waals surface area contributed by atoms with E-state index in [4.69, 9.17) is 4.74 Å². The summed E-state index contributed by atoms with van der Waals surface area (Å²) in [4.78, 5) is 8.65. The van der Waals surface area contributed by atoms with Crippen LogP contribution in [-0.4, -0.2) is 22.6 Å². The van der Waals surface area contributed by atoms with Crippen LogP contribution in [0.3, 0.4) is 0 Å². The summed E-state index contributed by atoms with van der Waals surface area (Å²) < 4.78 is 5.69.